The summed E-state index contributed by atoms with van der Waals surface area (Å²) >= 11 is 0. The van der Waals surface area contributed by atoms with Gasteiger partial charge in [-0.15, -0.1) is 0 Å². The quantitative estimate of drug-likeness (QED) is 0.638. The highest BCUT2D eigenvalue weighted by Crippen LogP contribution is 2.62. The van der Waals surface area contributed by atoms with Gasteiger partial charge in [0.2, 0.25) is 0 Å². The van der Waals surface area contributed by atoms with E-state index in [0.717, 1.165) is 25.7 Å². The number of ketones is 1. The molecule has 0 radical (unpaired) electrons. The first-order valence-electron chi connectivity index (χ1n) is 5.69. The molecular weight excluding hydrogens is 176 g/mol. The molecule has 0 amide bonds. The minimum absolute atomic E-state index is 0.0974. The monoisotopic (exact) mass is 194 g/mol. The van der Waals surface area contributed by atoms with Crippen molar-refractivity contribution in [1.82, 2.24) is 0 Å². The largest absolute Gasteiger partial charge is 0.392 e. The highest BCUT2D eigenvalue weighted by Gasteiger charge is 2.64. The molecule has 1 N–H and O–H groups in total. The van der Waals surface area contributed by atoms with E-state index >= 15 is 0 Å². The summed E-state index contributed by atoms with van der Waals surface area (Å²) in [7, 11) is 0. The molecule has 4 fully saturated rings. The van der Waals surface area contributed by atoms with E-state index in [1.54, 1.807) is 0 Å². The molecular formula is C12H18O2. The maximum Gasteiger partial charge on any atom is 0.147 e. The van der Waals surface area contributed by atoms with E-state index in [9.17, 15) is 9.90 Å². The minimum Gasteiger partial charge on any atom is -0.392 e. The molecule has 2 heteroatoms. The fraction of sp³-hybridized carbons (Fsp3) is 0.917. The third kappa shape index (κ3) is 0.796. The van der Waals surface area contributed by atoms with Gasteiger partial charge >= 0.3 is 0 Å². The van der Waals surface area contributed by atoms with Crippen LogP contribution in [0.4, 0.5) is 0 Å². The lowest BCUT2D eigenvalue weighted by Gasteiger charge is -2.61. The Morgan fingerprint density at radius 3 is 2.71 bits per heavy atom. The van der Waals surface area contributed by atoms with Crippen molar-refractivity contribution in [3.8, 4) is 0 Å². The van der Waals surface area contributed by atoms with Gasteiger partial charge in [-0.1, -0.05) is 13.8 Å². The van der Waals surface area contributed by atoms with E-state index in [2.05, 4.69) is 6.92 Å². The molecule has 0 aliphatic heterocycles. The second-order valence-electron chi connectivity index (χ2n) is 6.23. The number of carbonyl (C=O) groups excluding carboxylic acids is 1. The molecule has 0 spiro atoms. The van der Waals surface area contributed by atoms with Gasteiger partial charge in [0.05, 0.1) is 11.5 Å². The van der Waals surface area contributed by atoms with Crippen molar-refractivity contribution in [3.63, 3.8) is 0 Å². The number of carbonyl (C=O) groups is 1. The van der Waals surface area contributed by atoms with Crippen LogP contribution in [0.2, 0.25) is 0 Å². The Balaban J connectivity index is 2.11. The lowest BCUT2D eigenvalue weighted by Crippen LogP contribution is -2.64. The zero-order chi connectivity index (χ0) is 10.1. The first-order chi connectivity index (χ1) is 6.46. The van der Waals surface area contributed by atoms with Crippen molar-refractivity contribution in [3.05, 3.63) is 0 Å². The van der Waals surface area contributed by atoms with Crippen LogP contribution in [-0.4, -0.2) is 17.0 Å². The van der Waals surface area contributed by atoms with E-state index in [-0.39, 0.29) is 11.5 Å². The second-order valence-corrected chi connectivity index (χ2v) is 6.23. The highest BCUT2D eigenvalue weighted by molar-refractivity contribution is 5.92. The van der Waals surface area contributed by atoms with Crippen LogP contribution in [0.5, 0.6) is 0 Å². The maximum absolute atomic E-state index is 12.3. The molecule has 4 bridgehead atoms. The van der Waals surface area contributed by atoms with Gasteiger partial charge in [0.15, 0.2) is 0 Å². The van der Waals surface area contributed by atoms with Gasteiger partial charge in [-0.2, -0.15) is 0 Å². The molecule has 0 aromatic rings. The van der Waals surface area contributed by atoms with Crippen LogP contribution in [-0.2, 0) is 4.79 Å². The Kier molecular flexibility index (Phi) is 1.42. The zero-order valence-electron chi connectivity index (χ0n) is 8.92. The Hall–Kier alpha value is -0.370. The summed E-state index contributed by atoms with van der Waals surface area (Å²) in [5.74, 6) is 1.43. The number of hydrogen-bond donors (Lipinski definition) is 1. The number of rotatable bonds is 0. The minimum atomic E-state index is -0.404. The van der Waals surface area contributed by atoms with E-state index in [0.29, 0.717) is 17.6 Å². The van der Waals surface area contributed by atoms with Crippen LogP contribution in [0.15, 0.2) is 0 Å². The summed E-state index contributed by atoms with van der Waals surface area (Å²) in [6, 6.07) is 0. The second kappa shape index (κ2) is 2.24. The van der Waals surface area contributed by atoms with Crippen molar-refractivity contribution >= 4 is 5.78 Å². The predicted octanol–water partition coefficient (Wildman–Crippen LogP) is 1.76. The van der Waals surface area contributed by atoms with Crippen molar-refractivity contribution in [2.75, 3.05) is 0 Å². The van der Waals surface area contributed by atoms with E-state index in [1.165, 1.54) is 0 Å². The van der Waals surface area contributed by atoms with Gasteiger partial charge in [0.1, 0.15) is 5.78 Å². The van der Waals surface area contributed by atoms with Gasteiger partial charge < -0.3 is 5.11 Å². The van der Waals surface area contributed by atoms with Crippen molar-refractivity contribution in [2.45, 2.75) is 45.6 Å². The summed E-state index contributed by atoms with van der Waals surface area (Å²) in [4.78, 5) is 12.3. The molecule has 4 aliphatic rings. The molecule has 0 heterocycles. The molecule has 2 nitrogen and oxygen atoms in total. The summed E-state index contributed by atoms with van der Waals surface area (Å²) < 4.78 is 0. The molecule has 14 heavy (non-hydrogen) atoms. The molecule has 4 aliphatic carbocycles. The normalized spacial score (nSPS) is 60.8. The van der Waals surface area contributed by atoms with Gasteiger partial charge in [-0.3, -0.25) is 4.79 Å². The van der Waals surface area contributed by atoms with Gasteiger partial charge in [0, 0.05) is 5.41 Å². The fourth-order valence-electron chi connectivity index (χ4n) is 4.63. The Morgan fingerprint density at radius 1 is 1.29 bits per heavy atom. The van der Waals surface area contributed by atoms with Crippen molar-refractivity contribution in [1.29, 1.82) is 0 Å². The topological polar surface area (TPSA) is 37.3 Å². The molecule has 0 aromatic heterocycles. The number of Topliss-reactive ketones (excluding diaryl/α,β-unsaturated/α-hetero) is 1. The first kappa shape index (κ1) is 8.90. The third-order valence-corrected chi connectivity index (χ3v) is 4.97. The number of aliphatic hydroxyl groups is 1. The summed E-state index contributed by atoms with van der Waals surface area (Å²) in [5.41, 5.74) is -0.501. The lowest BCUT2D eigenvalue weighted by atomic mass is 9.43. The Bertz CT molecular complexity index is 311. The number of hydrogen-bond acceptors (Lipinski definition) is 2. The van der Waals surface area contributed by atoms with Gasteiger partial charge in [-0.25, -0.2) is 0 Å². The third-order valence-electron chi connectivity index (χ3n) is 4.97. The summed E-state index contributed by atoms with van der Waals surface area (Å²) in [5, 5.41) is 10.2. The lowest BCUT2D eigenvalue weighted by molar-refractivity contribution is -0.188. The molecule has 4 saturated carbocycles. The number of aliphatic hydroxyl groups excluding tert-OH is 1. The van der Waals surface area contributed by atoms with E-state index in [4.69, 9.17) is 0 Å². The maximum atomic E-state index is 12.3. The fourth-order valence-corrected chi connectivity index (χ4v) is 4.63. The first-order valence-corrected chi connectivity index (χ1v) is 5.69. The smallest absolute Gasteiger partial charge is 0.147 e. The van der Waals surface area contributed by atoms with Crippen LogP contribution in [0, 0.1) is 22.7 Å². The van der Waals surface area contributed by atoms with Gasteiger partial charge in [0.25, 0.3) is 0 Å². The average Bonchev–Trinajstić information content (AvgIpc) is 2.10. The molecule has 0 aromatic carbocycles. The van der Waals surface area contributed by atoms with Crippen LogP contribution >= 0.6 is 0 Å². The Labute approximate surface area is 84.7 Å². The summed E-state index contributed by atoms with van der Waals surface area (Å²) in [6.45, 7) is 4.09. The highest BCUT2D eigenvalue weighted by atomic mass is 16.3. The molecule has 5 atom stereocenters. The van der Waals surface area contributed by atoms with Crippen LogP contribution in [0.25, 0.3) is 0 Å². The van der Waals surface area contributed by atoms with E-state index in [1.807, 2.05) is 6.92 Å². The molecule has 4 rings (SSSR count). The zero-order valence-corrected chi connectivity index (χ0v) is 8.92. The summed E-state index contributed by atoms with van der Waals surface area (Å²) in [6.07, 6.45) is 3.72. The standard InChI is InChI=1S/C12H18O2/c1-11-4-7-3-8(6-11)9(13)12(2,5-7)10(11)14/h7-9,13H,3-6H2,1-2H3. The van der Waals surface area contributed by atoms with Crippen LogP contribution in [0.1, 0.15) is 39.5 Å². The average molecular weight is 194 g/mol. The predicted molar refractivity (Wildman–Crippen MR) is 52.7 cm³/mol. The molecule has 5 unspecified atom stereocenters. The van der Waals surface area contributed by atoms with Crippen LogP contribution < -0.4 is 0 Å². The van der Waals surface area contributed by atoms with Crippen LogP contribution in [0.3, 0.4) is 0 Å². The molecule has 0 saturated heterocycles. The van der Waals surface area contributed by atoms with Crippen molar-refractivity contribution in [2.24, 2.45) is 22.7 Å². The van der Waals surface area contributed by atoms with E-state index < -0.39 is 5.41 Å². The van der Waals surface area contributed by atoms with Crippen molar-refractivity contribution < 1.29 is 9.90 Å². The SMILES string of the molecule is CC12CC3CC(C1)C(O)C(C)(C3)C2=O. The Morgan fingerprint density at radius 2 is 2.00 bits per heavy atom. The molecule has 78 valence electrons. The van der Waals surface area contributed by atoms with Gasteiger partial charge in [-0.05, 0) is 37.5 Å².